The number of ether oxygens (including phenoxy) is 1. The second-order valence-corrected chi connectivity index (χ2v) is 13.8. The molecule has 3 atom stereocenters. The topological polar surface area (TPSA) is 112 Å². The lowest BCUT2D eigenvalue weighted by atomic mass is 9.92. The smallest absolute Gasteiger partial charge is 0.417 e. The third-order valence-corrected chi connectivity index (χ3v) is 10.7. The normalized spacial score (nSPS) is 20.5. The number of alkyl halides is 6. The molecule has 2 aromatic heterocycles. The molecule has 0 spiro atoms. The highest BCUT2D eigenvalue weighted by Crippen LogP contribution is 2.48. The molecule has 278 valence electrons. The number of nitrogens with zero attached hydrogens (tertiary/aromatic N) is 6. The molecule has 0 bridgehead atoms. The molecule has 9 nitrogen and oxygen atoms in total. The molecule has 5 heterocycles. The van der Waals surface area contributed by atoms with Crippen LogP contribution in [0.2, 0.25) is 0 Å². The summed E-state index contributed by atoms with van der Waals surface area (Å²) in [6.07, 6.45) is -5.37. The van der Waals surface area contributed by atoms with Crippen molar-refractivity contribution in [3.63, 3.8) is 0 Å². The van der Waals surface area contributed by atoms with Crippen LogP contribution in [0.25, 0.3) is 32.1 Å². The summed E-state index contributed by atoms with van der Waals surface area (Å²) in [6, 6.07) is 3.59. The first-order chi connectivity index (χ1) is 24.7. The molecule has 2 aromatic carbocycles. The molecule has 3 aliphatic heterocycles. The fraction of sp³-hybridized carbons (Fsp3) is 0.471. The zero-order chi connectivity index (χ0) is 37.6. The van der Waals surface area contributed by atoms with E-state index >= 15 is 4.39 Å². The van der Waals surface area contributed by atoms with Crippen LogP contribution in [-0.4, -0.2) is 90.2 Å². The molecule has 3 saturated heterocycles. The molecule has 0 saturated carbocycles. The van der Waals surface area contributed by atoms with Gasteiger partial charge in [-0.2, -0.15) is 28.4 Å². The Morgan fingerprint density at radius 1 is 1.21 bits per heavy atom. The van der Waals surface area contributed by atoms with E-state index in [1.54, 1.807) is 13.0 Å². The summed E-state index contributed by atoms with van der Waals surface area (Å²) in [5.41, 5.74) is 2.07. The van der Waals surface area contributed by atoms with Crippen LogP contribution in [-0.2, 0) is 11.0 Å². The van der Waals surface area contributed by atoms with E-state index in [0.29, 0.717) is 30.0 Å². The van der Waals surface area contributed by atoms with Crippen LogP contribution in [0, 0.1) is 23.0 Å². The lowest BCUT2D eigenvalue weighted by Gasteiger charge is -2.30. The average molecular weight is 756 g/mol. The molecule has 7 rings (SSSR count). The van der Waals surface area contributed by atoms with Crippen molar-refractivity contribution in [2.45, 2.75) is 63.5 Å². The lowest BCUT2D eigenvalue weighted by Crippen LogP contribution is -2.39. The SMILES string of the molecule is CCN(c1nc(OC)nc2c(F)c(-c3ccc(F)c4sc(N)c(C#N)c34)c(C(F)(F)F)cc12)C1CC(=O)N(CC(F)F)C1.FC1CC2CCCN2C1. The minimum Gasteiger partial charge on any atom is -0.467 e. The summed E-state index contributed by atoms with van der Waals surface area (Å²) in [5.74, 6) is -3.10. The highest BCUT2D eigenvalue weighted by molar-refractivity contribution is 7.23. The number of hydrogen-bond donors (Lipinski definition) is 1. The van der Waals surface area contributed by atoms with Gasteiger partial charge in [0.15, 0.2) is 5.82 Å². The maximum absolute atomic E-state index is 16.5. The van der Waals surface area contributed by atoms with Gasteiger partial charge in [-0.15, -0.1) is 11.3 Å². The highest BCUT2D eigenvalue weighted by atomic mass is 32.1. The number of thiophene rings is 1. The van der Waals surface area contributed by atoms with Gasteiger partial charge in [-0.05, 0) is 50.4 Å². The van der Waals surface area contributed by atoms with Gasteiger partial charge in [0.1, 0.15) is 34.4 Å². The summed E-state index contributed by atoms with van der Waals surface area (Å²) >= 11 is 0.641. The number of methoxy groups -OCH3 is 1. The standard InChI is InChI=1S/C27H21F7N6O2S.C7H12FN/c1-3-40(11-6-18(41)39(9-11)10-17(29)30)25-13-7-15(27(32,33)34)20(21(31)22(13)37-26(38-25)42-2)12-4-5-16(28)23-19(12)14(8-35)24(36)43-23;8-6-4-7-2-1-3-9(7)5-6/h4-5,7,11,17H,3,6,9-10,36H2,1-2H3;6-7H,1-5H2. The van der Waals surface area contributed by atoms with E-state index in [2.05, 4.69) is 14.9 Å². The number of amides is 1. The van der Waals surface area contributed by atoms with Gasteiger partial charge in [0.2, 0.25) is 5.91 Å². The summed E-state index contributed by atoms with van der Waals surface area (Å²) in [5, 5.41) is 8.82. The maximum Gasteiger partial charge on any atom is 0.417 e. The van der Waals surface area contributed by atoms with Crippen LogP contribution in [0.3, 0.4) is 0 Å². The number of aromatic nitrogens is 2. The van der Waals surface area contributed by atoms with Crippen molar-refractivity contribution < 1.29 is 44.7 Å². The summed E-state index contributed by atoms with van der Waals surface area (Å²) in [6.45, 7) is 2.53. The highest BCUT2D eigenvalue weighted by Gasteiger charge is 2.40. The first-order valence-corrected chi connectivity index (χ1v) is 17.2. The fourth-order valence-corrected chi connectivity index (χ4v) is 8.36. The molecule has 18 heteroatoms. The molecule has 4 aromatic rings. The summed E-state index contributed by atoms with van der Waals surface area (Å²) in [4.78, 5) is 25.2. The van der Waals surface area contributed by atoms with E-state index < -0.39 is 77.1 Å². The van der Waals surface area contributed by atoms with Crippen molar-refractivity contribution in [1.29, 1.82) is 5.26 Å². The molecule has 1 amide bonds. The molecular weight excluding hydrogens is 722 g/mol. The molecule has 0 radical (unpaired) electrons. The van der Waals surface area contributed by atoms with Crippen LogP contribution < -0.4 is 15.4 Å². The summed E-state index contributed by atoms with van der Waals surface area (Å²) < 4.78 is 119. The van der Waals surface area contributed by atoms with E-state index in [-0.39, 0.29) is 51.4 Å². The minimum absolute atomic E-state index is 0.0543. The number of nitriles is 1. The van der Waals surface area contributed by atoms with Gasteiger partial charge < -0.3 is 20.3 Å². The van der Waals surface area contributed by atoms with Gasteiger partial charge >= 0.3 is 12.2 Å². The van der Waals surface area contributed by atoms with Gasteiger partial charge in [-0.25, -0.2) is 22.0 Å². The van der Waals surface area contributed by atoms with Gasteiger partial charge in [0.25, 0.3) is 6.43 Å². The molecule has 52 heavy (non-hydrogen) atoms. The van der Waals surface area contributed by atoms with Gasteiger partial charge in [0.05, 0.1) is 35.5 Å². The number of nitrogens with two attached hydrogens (primary N) is 1. The Morgan fingerprint density at radius 3 is 2.60 bits per heavy atom. The van der Waals surface area contributed by atoms with Crippen molar-refractivity contribution in [3.05, 3.63) is 41.0 Å². The number of likely N-dealkylation sites (tertiary alicyclic amines) is 1. The Hall–Kier alpha value is -4.50. The van der Waals surface area contributed by atoms with Crippen molar-refractivity contribution in [2.24, 2.45) is 0 Å². The monoisotopic (exact) mass is 755 g/mol. The maximum atomic E-state index is 16.5. The molecule has 0 aliphatic carbocycles. The number of halogens is 8. The second kappa shape index (κ2) is 14.5. The number of benzene rings is 2. The predicted octanol–water partition coefficient (Wildman–Crippen LogP) is 7.16. The average Bonchev–Trinajstić information content (AvgIpc) is 3.84. The van der Waals surface area contributed by atoms with Crippen LogP contribution in [0.5, 0.6) is 6.01 Å². The van der Waals surface area contributed by atoms with E-state index in [9.17, 15) is 40.8 Å². The molecular formula is C34H33F8N7O2S. The minimum atomic E-state index is -5.16. The Balaban J connectivity index is 0.000000444. The van der Waals surface area contributed by atoms with Gasteiger partial charge in [-0.1, -0.05) is 6.07 Å². The Morgan fingerprint density at radius 2 is 1.96 bits per heavy atom. The van der Waals surface area contributed by atoms with Gasteiger partial charge in [-0.3, -0.25) is 9.69 Å². The number of anilines is 2. The fourth-order valence-electron chi connectivity index (χ4n) is 7.41. The van der Waals surface area contributed by atoms with E-state index in [0.717, 1.165) is 37.1 Å². The Kier molecular flexibility index (Phi) is 10.4. The number of carbonyl (C=O) groups excluding carboxylic acids is 1. The van der Waals surface area contributed by atoms with Crippen molar-refractivity contribution in [2.75, 3.05) is 50.5 Å². The predicted molar refractivity (Wildman–Crippen MR) is 179 cm³/mol. The van der Waals surface area contributed by atoms with Crippen LogP contribution in [0.1, 0.15) is 43.7 Å². The van der Waals surface area contributed by atoms with E-state index in [1.165, 1.54) is 17.7 Å². The van der Waals surface area contributed by atoms with Crippen LogP contribution >= 0.6 is 11.3 Å². The number of hydrogen-bond acceptors (Lipinski definition) is 9. The third kappa shape index (κ3) is 6.87. The lowest BCUT2D eigenvalue weighted by molar-refractivity contribution is -0.137. The van der Waals surface area contributed by atoms with Crippen LogP contribution in [0.4, 0.5) is 45.9 Å². The summed E-state index contributed by atoms with van der Waals surface area (Å²) in [7, 11) is 1.16. The van der Waals surface area contributed by atoms with Crippen molar-refractivity contribution >= 4 is 49.1 Å². The first-order valence-electron chi connectivity index (χ1n) is 16.4. The Labute approximate surface area is 296 Å². The van der Waals surface area contributed by atoms with E-state index in [1.807, 2.05) is 0 Å². The number of likely N-dealkylation sites (N-methyl/N-ethyl adjacent to an activating group) is 1. The Bertz CT molecular complexity index is 2040. The first kappa shape index (κ1) is 37.3. The molecule has 3 fully saturated rings. The molecule has 2 N–H and O–H groups in total. The number of carbonyl (C=O) groups is 1. The number of fused-ring (bicyclic) bond motifs is 3. The van der Waals surface area contributed by atoms with Crippen LogP contribution in [0.15, 0.2) is 18.2 Å². The third-order valence-electron chi connectivity index (χ3n) is 9.64. The zero-order valence-electron chi connectivity index (χ0n) is 27.9. The van der Waals surface area contributed by atoms with E-state index in [4.69, 9.17) is 10.5 Å². The quantitative estimate of drug-likeness (QED) is 0.198. The number of rotatable bonds is 7. The second-order valence-electron chi connectivity index (χ2n) is 12.8. The van der Waals surface area contributed by atoms with Crippen molar-refractivity contribution in [1.82, 2.24) is 19.8 Å². The zero-order valence-corrected chi connectivity index (χ0v) is 28.7. The molecule has 3 unspecified atom stereocenters. The largest absolute Gasteiger partial charge is 0.467 e. The van der Waals surface area contributed by atoms with Crippen molar-refractivity contribution in [3.8, 4) is 23.2 Å². The molecule has 3 aliphatic rings. The van der Waals surface area contributed by atoms with Gasteiger partial charge in [0, 0.05) is 48.4 Å². The number of nitrogen functional groups attached to an aromatic ring is 1.